The van der Waals surface area contributed by atoms with E-state index in [0.717, 1.165) is 12.0 Å². The molecule has 0 saturated heterocycles. The van der Waals surface area contributed by atoms with E-state index >= 15 is 0 Å². The number of hydrogen-bond donors (Lipinski definition) is 1. The summed E-state index contributed by atoms with van der Waals surface area (Å²) in [7, 11) is 2.02. The zero-order valence-corrected chi connectivity index (χ0v) is 11.4. The highest BCUT2D eigenvalue weighted by molar-refractivity contribution is 5.27. The van der Waals surface area contributed by atoms with E-state index in [4.69, 9.17) is 0 Å². The predicted octanol–water partition coefficient (Wildman–Crippen LogP) is 3.70. The van der Waals surface area contributed by atoms with Gasteiger partial charge in [-0.2, -0.15) is 0 Å². The second-order valence-corrected chi connectivity index (χ2v) is 4.75. The SMILES string of the molecule is CCC(CC)C(Cc1ccc(F)cc1C)NC. The molecule has 0 aromatic heterocycles. The molecule has 0 aliphatic heterocycles. The Kier molecular flexibility index (Phi) is 5.63. The molecule has 17 heavy (non-hydrogen) atoms. The molecule has 0 radical (unpaired) electrons. The Bertz CT molecular complexity index is 345. The first-order valence-corrected chi connectivity index (χ1v) is 6.54. The van der Waals surface area contributed by atoms with Crippen molar-refractivity contribution in [1.82, 2.24) is 5.32 Å². The summed E-state index contributed by atoms with van der Waals surface area (Å²) in [6.07, 6.45) is 3.35. The van der Waals surface area contributed by atoms with E-state index in [1.165, 1.54) is 18.4 Å². The van der Waals surface area contributed by atoms with Crippen molar-refractivity contribution < 1.29 is 4.39 Å². The maximum Gasteiger partial charge on any atom is 0.123 e. The maximum absolute atomic E-state index is 13.0. The molecule has 1 rings (SSSR count). The highest BCUT2D eigenvalue weighted by atomic mass is 19.1. The molecule has 1 aromatic rings. The first-order chi connectivity index (χ1) is 8.12. The summed E-state index contributed by atoms with van der Waals surface area (Å²) in [6, 6.07) is 5.57. The van der Waals surface area contributed by atoms with Crippen LogP contribution in [0.15, 0.2) is 18.2 Å². The van der Waals surface area contributed by atoms with E-state index in [1.807, 2.05) is 20.0 Å². The van der Waals surface area contributed by atoms with Gasteiger partial charge in [0.15, 0.2) is 0 Å². The third kappa shape index (κ3) is 3.81. The Hall–Kier alpha value is -0.890. The van der Waals surface area contributed by atoms with Crippen molar-refractivity contribution in [3.05, 3.63) is 35.1 Å². The zero-order valence-electron chi connectivity index (χ0n) is 11.4. The fourth-order valence-electron chi connectivity index (χ4n) is 2.49. The molecule has 0 saturated carbocycles. The van der Waals surface area contributed by atoms with Crippen LogP contribution >= 0.6 is 0 Å². The van der Waals surface area contributed by atoms with Crippen LogP contribution in [0.25, 0.3) is 0 Å². The molecule has 1 unspecified atom stereocenters. The average molecular weight is 237 g/mol. The van der Waals surface area contributed by atoms with Crippen LogP contribution < -0.4 is 5.32 Å². The highest BCUT2D eigenvalue weighted by Gasteiger charge is 2.17. The van der Waals surface area contributed by atoms with Crippen molar-refractivity contribution >= 4 is 0 Å². The fraction of sp³-hybridized carbons (Fsp3) is 0.600. The molecule has 1 aromatic carbocycles. The van der Waals surface area contributed by atoms with E-state index in [-0.39, 0.29) is 5.82 Å². The number of likely N-dealkylation sites (N-methyl/N-ethyl adjacent to an activating group) is 1. The van der Waals surface area contributed by atoms with Gasteiger partial charge in [-0.3, -0.25) is 0 Å². The van der Waals surface area contributed by atoms with Crippen LogP contribution in [0.5, 0.6) is 0 Å². The molecule has 96 valence electrons. The normalized spacial score (nSPS) is 13.1. The summed E-state index contributed by atoms with van der Waals surface area (Å²) in [4.78, 5) is 0. The second kappa shape index (κ2) is 6.75. The summed E-state index contributed by atoms with van der Waals surface area (Å²) in [5, 5.41) is 3.40. The molecular weight excluding hydrogens is 213 g/mol. The standard InChI is InChI=1S/C15H24FN/c1-5-12(6-2)15(17-4)10-13-7-8-14(16)9-11(13)3/h7-9,12,15,17H,5-6,10H2,1-4H3. The van der Waals surface area contributed by atoms with Gasteiger partial charge in [0.2, 0.25) is 0 Å². The number of halogens is 1. The number of hydrogen-bond acceptors (Lipinski definition) is 1. The van der Waals surface area contributed by atoms with Crippen LogP contribution in [0.4, 0.5) is 4.39 Å². The van der Waals surface area contributed by atoms with Gasteiger partial charge in [-0.05, 0) is 49.6 Å². The first-order valence-electron chi connectivity index (χ1n) is 6.54. The molecular formula is C15H24FN. The third-order valence-electron chi connectivity index (χ3n) is 3.73. The van der Waals surface area contributed by atoms with Crippen LogP contribution in [-0.4, -0.2) is 13.1 Å². The quantitative estimate of drug-likeness (QED) is 0.795. The lowest BCUT2D eigenvalue weighted by molar-refractivity contribution is 0.348. The Morgan fingerprint density at radius 1 is 1.24 bits per heavy atom. The van der Waals surface area contributed by atoms with Gasteiger partial charge in [0.05, 0.1) is 0 Å². The average Bonchev–Trinajstić information content (AvgIpc) is 2.32. The van der Waals surface area contributed by atoms with E-state index < -0.39 is 0 Å². The van der Waals surface area contributed by atoms with Gasteiger partial charge < -0.3 is 5.32 Å². The smallest absolute Gasteiger partial charge is 0.123 e. The lowest BCUT2D eigenvalue weighted by Crippen LogP contribution is -2.35. The monoisotopic (exact) mass is 237 g/mol. The summed E-state index contributed by atoms with van der Waals surface area (Å²) < 4.78 is 13.0. The highest BCUT2D eigenvalue weighted by Crippen LogP contribution is 2.19. The topological polar surface area (TPSA) is 12.0 Å². The third-order valence-corrected chi connectivity index (χ3v) is 3.73. The minimum atomic E-state index is -0.144. The summed E-state index contributed by atoms with van der Waals surface area (Å²) in [5.74, 6) is 0.541. The van der Waals surface area contributed by atoms with Crippen LogP contribution in [0.2, 0.25) is 0 Å². The minimum absolute atomic E-state index is 0.144. The largest absolute Gasteiger partial charge is 0.316 e. The van der Waals surface area contributed by atoms with Gasteiger partial charge in [0.25, 0.3) is 0 Å². The molecule has 1 nitrogen and oxygen atoms in total. The van der Waals surface area contributed by atoms with E-state index in [9.17, 15) is 4.39 Å². The van der Waals surface area contributed by atoms with Crippen molar-refractivity contribution in [1.29, 1.82) is 0 Å². The number of rotatable bonds is 6. The Labute approximate surface area is 104 Å². The summed E-state index contributed by atoms with van der Waals surface area (Å²) in [5.41, 5.74) is 2.30. The first kappa shape index (κ1) is 14.2. The molecule has 0 aliphatic rings. The van der Waals surface area contributed by atoms with Gasteiger partial charge in [0, 0.05) is 6.04 Å². The molecule has 0 amide bonds. The van der Waals surface area contributed by atoms with Crippen molar-refractivity contribution in [2.75, 3.05) is 7.05 Å². The molecule has 1 atom stereocenters. The van der Waals surface area contributed by atoms with Crippen molar-refractivity contribution in [3.8, 4) is 0 Å². The molecule has 0 bridgehead atoms. The van der Waals surface area contributed by atoms with Gasteiger partial charge >= 0.3 is 0 Å². The fourth-order valence-corrected chi connectivity index (χ4v) is 2.49. The van der Waals surface area contributed by atoms with Gasteiger partial charge in [-0.15, -0.1) is 0 Å². The summed E-state index contributed by atoms with van der Waals surface area (Å²) >= 11 is 0. The van der Waals surface area contributed by atoms with Crippen molar-refractivity contribution in [3.63, 3.8) is 0 Å². The number of nitrogens with one attached hydrogen (secondary N) is 1. The molecule has 0 fully saturated rings. The zero-order chi connectivity index (χ0) is 12.8. The lowest BCUT2D eigenvalue weighted by Gasteiger charge is -2.25. The Morgan fingerprint density at radius 3 is 2.35 bits per heavy atom. The Morgan fingerprint density at radius 2 is 1.88 bits per heavy atom. The van der Waals surface area contributed by atoms with Gasteiger partial charge in [-0.25, -0.2) is 4.39 Å². The van der Waals surface area contributed by atoms with E-state index in [2.05, 4.69) is 19.2 Å². The van der Waals surface area contributed by atoms with Gasteiger partial charge in [-0.1, -0.05) is 32.8 Å². The summed E-state index contributed by atoms with van der Waals surface area (Å²) in [6.45, 7) is 6.45. The molecule has 2 heteroatoms. The minimum Gasteiger partial charge on any atom is -0.316 e. The maximum atomic E-state index is 13.0. The second-order valence-electron chi connectivity index (χ2n) is 4.75. The van der Waals surface area contributed by atoms with E-state index in [1.54, 1.807) is 12.1 Å². The molecule has 0 aliphatic carbocycles. The van der Waals surface area contributed by atoms with Crippen LogP contribution in [-0.2, 0) is 6.42 Å². The molecule has 1 N–H and O–H groups in total. The Balaban J connectivity index is 2.80. The van der Waals surface area contributed by atoms with Crippen molar-refractivity contribution in [2.24, 2.45) is 5.92 Å². The number of benzene rings is 1. The molecule has 0 heterocycles. The van der Waals surface area contributed by atoms with Crippen LogP contribution in [0.1, 0.15) is 37.8 Å². The molecule has 0 spiro atoms. The van der Waals surface area contributed by atoms with Crippen LogP contribution in [0.3, 0.4) is 0 Å². The number of aryl methyl sites for hydroxylation is 1. The van der Waals surface area contributed by atoms with Crippen LogP contribution in [0, 0.1) is 18.7 Å². The van der Waals surface area contributed by atoms with Crippen molar-refractivity contribution in [2.45, 2.75) is 46.1 Å². The lowest BCUT2D eigenvalue weighted by atomic mass is 9.88. The van der Waals surface area contributed by atoms with E-state index in [0.29, 0.717) is 12.0 Å². The predicted molar refractivity (Wildman–Crippen MR) is 71.8 cm³/mol. The van der Waals surface area contributed by atoms with Gasteiger partial charge in [0.1, 0.15) is 5.82 Å².